The number of halogens is 8. The van der Waals surface area contributed by atoms with Crippen LogP contribution in [0.15, 0.2) is 106 Å². The third-order valence-corrected chi connectivity index (χ3v) is 13.8. The zero-order valence-corrected chi connectivity index (χ0v) is 48.2. The first-order chi connectivity index (χ1) is 37.5. The molecular weight excluding hydrogens is 1200 g/mol. The van der Waals surface area contributed by atoms with Crippen molar-refractivity contribution in [3.63, 3.8) is 0 Å². The maximum Gasteiger partial charge on any atom is 0.488 e. The molecule has 2 fully saturated rings. The Balaban J connectivity index is 0. The summed E-state index contributed by atoms with van der Waals surface area (Å²) in [4.78, 5) is 10.0. The van der Waals surface area contributed by atoms with Crippen LogP contribution in [-0.4, -0.2) is 85.9 Å². The Morgan fingerprint density at radius 1 is 0.524 bits per heavy atom. The summed E-state index contributed by atoms with van der Waals surface area (Å²) < 4.78 is 102. The molecule has 5 aromatic rings. The standard InChI is InChI=1S/C22H25F3O2.C16H23BrO2.C9H9BrO.C7H16O2.C6H4BF3O2.4CH4/c1-2-3-4-16-13-26-21(27-14-16)10-7-15-5-8-17(9-6-15)18-11-19(23)22(25)20(24)12-18;1-2-3-4-14-11-18-16(19-12-14)10-7-13-5-8-15(17)9-6-13;10-9-5-3-8(4-6-9)2-1-7-11;1-2-3-4-7(5-8)6-9;8-4-1-3(7(11)12)2-5(9)6(4)10;;;;/h5-6,8-9,11-12,16,21H,2-4,7,10,13-14H2,1H3;5-6,8-9,14,16H,2-4,7,10-12H2,1H3;3-7H,1-2H2;7-9H,2-6H2,1H3;1-2,11-12H;4*1H4. The van der Waals surface area contributed by atoms with Gasteiger partial charge in [-0.15, -0.1) is 0 Å². The van der Waals surface area contributed by atoms with Crippen LogP contribution in [0.5, 0.6) is 0 Å². The van der Waals surface area contributed by atoms with Crippen molar-refractivity contribution in [2.45, 2.75) is 159 Å². The predicted molar refractivity (Wildman–Crippen MR) is 329 cm³/mol. The summed E-state index contributed by atoms with van der Waals surface area (Å²) in [7, 11) is -2.00. The molecule has 18 heteroatoms. The molecule has 0 radical (unpaired) electrons. The number of aldehydes is 1. The molecule has 2 saturated heterocycles. The van der Waals surface area contributed by atoms with Crippen LogP contribution < -0.4 is 5.46 Å². The summed E-state index contributed by atoms with van der Waals surface area (Å²) in [6.07, 6.45) is 16.2. The lowest BCUT2D eigenvalue weighted by Crippen LogP contribution is -2.32. The van der Waals surface area contributed by atoms with Crippen molar-refractivity contribution in [2.75, 3.05) is 39.6 Å². The first-order valence-electron chi connectivity index (χ1n) is 26.9. The van der Waals surface area contributed by atoms with E-state index in [1.54, 1.807) is 12.1 Å². The van der Waals surface area contributed by atoms with E-state index in [0.717, 1.165) is 117 Å². The van der Waals surface area contributed by atoms with Crippen molar-refractivity contribution >= 4 is 50.7 Å². The average Bonchev–Trinajstić information content (AvgIpc) is 3.57. The van der Waals surface area contributed by atoms with Crippen molar-refractivity contribution in [1.29, 1.82) is 0 Å². The maximum atomic E-state index is 13.4. The fraction of sp³-hybridized carbons (Fsp3) is 0.516. The van der Waals surface area contributed by atoms with E-state index >= 15 is 0 Å². The van der Waals surface area contributed by atoms with Crippen LogP contribution in [0.4, 0.5) is 26.3 Å². The number of hydrogen-bond donors (Lipinski definition) is 4. The summed E-state index contributed by atoms with van der Waals surface area (Å²) in [5.41, 5.74) is 4.16. The van der Waals surface area contributed by atoms with Gasteiger partial charge in [-0.05, 0) is 120 Å². The van der Waals surface area contributed by atoms with Crippen molar-refractivity contribution in [2.24, 2.45) is 17.8 Å². The van der Waals surface area contributed by atoms with E-state index < -0.39 is 47.5 Å². The number of aliphatic hydroxyl groups excluding tert-OH is 2. The first kappa shape index (κ1) is 80.1. The molecule has 462 valence electrons. The molecule has 0 aliphatic carbocycles. The monoisotopic (exact) mass is 1290 g/mol. The van der Waals surface area contributed by atoms with Crippen molar-refractivity contribution in [3.8, 4) is 11.1 Å². The van der Waals surface area contributed by atoms with Crippen LogP contribution >= 0.6 is 31.9 Å². The molecule has 2 aliphatic heterocycles. The molecule has 0 aromatic heterocycles. The topological polar surface area (TPSA) is 135 Å². The summed E-state index contributed by atoms with van der Waals surface area (Å²) >= 11 is 6.79. The van der Waals surface area contributed by atoms with Gasteiger partial charge in [0.05, 0.1) is 26.4 Å². The molecule has 0 saturated carbocycles. The summed E-state index contributed by atoms with van der Waals surface area (Å²) in [5, 5.41) is 34.1. The first-order valence-corrected chi connectivity index (χ1v) is 28.5. The Morgan fingerprint density at radius 2 is 0.878 bits per heavy atom. The Morgan fingerprint density at radius 3 is 1.22 bits per heavy atom. The number of benzene rings is 5. The highest BCUT2D eigenvalue weighted by molar-refractivity contribution is 9.10. The SMILES string of the molecule is C.C.C.C.CCCCC(CO)CO.CCCCC1COC(CCc2ccc(-c3cc(F)c(F)c(F)c3)cc2)OC1.CCCCC1COC(CCc2ccc(Br)cc2)OC1.O=CCCc1ccc(Br)cc1.OB(O)c1cc(F)c(F)c(F)c1. The zero-order chi connectivity index (χ0) is 57.2. The van der Waals surface area contributed by atoms with Gasteiger partial charge in [0.25, 0.3) is 0 Å². The van der Waals surface area contributed by atoms with E-state index in [2.05, 4.69) is 76.9 Å². The summed E-state index contributed by atoms with van der Waals surface area (Å²) in [6.45, 7) is 10.00. The second-order valence-corrected chi connectivity index (χ2v) is 21.1. The molecule has 0 spiro atoms. The van der Waals surface area contributed by atoms with Crippen LogP contribution in [0.3, 0.4) is 0 Å². The molecule has 0 bridgehead atoms. The van der Waals surface area contributed by atoms with Crippen molar-refractivity contribution in [1.82, 2.24) is 0 Å². The molecule has 7 rings (SSSR count). The molecule has 9 nitrogen and oxygen atoms in total. The number of rotatable bonds is 22. The Hall–Kier alpha value is -3.95. The van der Waals surface area contributed by atoms with Gasteiger partial charge in [0.15, 0.2) is 47.5 Å². The van der Waals surface area contributed by atoms with Gasteiger partial charge in [-0.3, -0.25) is 0 Å². The fourth-order valence-corrected chi connectivity index (χ4v) is 8.49. The number of unbranched alkanes of at least 4 members (excludes halogenated alkanes) is 3. The van der Waals surface area contributed by atoms with Gasteiger partial charge in [0, 0.05) is 59.2 Å². The van der Waals surface area contributed by atoms with E-state index in [1.807, 2.05) is 36.4 Å². The number of carbonyl (C=O) groups excluding carboxylic acids is 1. The zero-order valence-electron chi connectivity index (χ0n) is 45.0. The van der Waals surface area contributed by atoms with Gasteiger partial charge in [0.2, 0.25) is 0 Å². The smallest absolute Gasteiger partial charge is 0.423 e. The van der Waals surface area contributed by atoms with E-state index in [-0.39, 0.29) is 61.4 Å². The molecule has 0 unspecified atom stereocenters. The van der Waals surface area contributed by atoms with Gasteiger partial charge < -0.3 is 44.0 Å². The molecule has 0 atom stereocenters. The highest BCUT2D eigenvalue weighted by atomic mass is 79.9. The third kappa shape index (κ3) is 31.8. The second kappa shape index (κ2) is 46.4. The second-order valence-electron chi connectivity index (χ2n) is 19.2. The van der Waals surface area contributed by atoms with Gasteiger partial charge in [0.1, 0.15) is 6.29 Å². The van der Waals surface area contributed by atoms with E-state index in [4.69, 9.17) is 39.2 Å². The average molecular weight is 1290 g/mol. The number of ether oxygens (including phenoxy) is 4. The maximum absolute atomic E-state index is 13.4. The van der Waals surface area contributed by atoms with Crippen LogP contribution in [0.1, 0.15) is 144 Å². The minimum absolute atomic E-state index is 0. The molecular formula is C64H93BBr2F6O9. The Bertz CT molecular complexity index is 2340. The molecule has 5 aromatic carbocycles. The molecule has 0 amide bonds. The molecule has 2 aliphatic rings. The molecule has 82 heavy (non-hydrogen) atoms. The Labute approximate surface area is 504 Å². The Kier molecular flexibility index (Phi) is 45.3. The van der Waals surface area contributed by atoms with E-state index in [9.17, 15) is 31.1 Å². The number of aliphatic hydroxyl groups is 2. The lowest BCUT2D eigenvalue weighted by atomic mass is 9.80. The normalized spacial score (nSPS) is 16.0. The number of aryl methyl sites for hydroxylation is 3. The van der Waals surface area contributed by atoms with Gasteiger partial charge >= 0.3 is 7.12 Å². The van der Waals surface area contributed by atoms with Crippen LogP contribution in [0.2, 0.25) is 0 Å². The van der Waals surface area contributed by atoms with Crippen molar-refractivity contribution < 1.29 is 70.3 Å². The minimum Gasteiger partial charge on any atom is -0.423 e. The minimum atomic E-state index is -2.00. The van der Waals surface area contributed by atoms with Crippen LogP contribution in [0.25, 0.3) is 11.1 Å². The quantitative estimate of drug-likeness (QED) is 0.0231. The highest BCUT2D eigenvalue weighted by Crippen LogP contribution is 2.26. The summed E-state index contributed by atoms with van der Waals surface area (Å²) in [5.74, 6) is -7.11. The lowest BCUT2D eigenvalue weighted by molar-refractivity contribution is -0.203. The van der Waals surface area contributed by atoms with Crippen LogP contribution in [0, 0.1) is 52.7 Å². The number of hydrogen-bond acceptors (Lipinski definition) is 9. The third-order valence-electron chi connectivity index (χ3n) is 12.8. The lowest BCUT2D eigenvalue weighted by Gasteiger charge is -2.29. The molecule has 4 N–H and O–H groups in total. The van der Waals surface area contributed by atoms with Gasteiger partial charge in [-0.25, -0.2) is 26.3 Å². The van der Waals surface area contributed by atoms with Crippen molar-refractivity contribution in [3.05, 3.63) is 158 Å². The fourth-order valence-electron chi connectivity index (χ4n) is 7.96. The molecule has 2 heterocycles. The van der Waals surface area contributed by atoms with Crippen LogP contribution in [-0.2, 0) is 43.0 Å². The summed E-state index contributed by atoms with van der Waals surface area (Å²) in [6, 6.07) is 26.9. The largest absolute Gasteiger partial charge is 0.488 e. The number of carbonyl (C=O) groups is 1. The van der Waals surface area contributed by atoms with E-state index in [0.29, 0.717) is 41.5 Å². The predicted octanol–water partition coefficient (Wildman–Crippen LogP) is 16.1. The highest BCUT2D eigenvalue weighted by Gasteiger charge is 2.23. The van der Waals surface area contributed by atoms with Gasteiger partial charge in [-0.2, -0.15) is 0 Å². The van der Waals surface area contributed by atoms with E-state index in [1.165, 1.54) is 43.2 Å². The van der Waals surface area contributed by atoms with Gasteiger partial charge in [-0.1, -0.05) is 169 Å².